The van der Waals surface area contributed by atoms with Crippen LogP contribution in [0.5, 0.6) is 11.5 Å². The first-order valence-corrected chi connectivity index (χ1v) is 14.0. The van der Waals surface area contributed by atoms with Gasteiger partial charge in [0.1, 0.15) is 29.2 Å². The molecule has 0 aliphatic rings. The summed E-state index contributed by atoms with van der Waals surface area (Å²) in [6, 6.07) is 9.23. The Balaban J connectivity index is 2.50. The third kappa shape index (κ3) is 10.1. The van der Waals surface area contributed by atoms with Gasteiger partial charge in [0.05, 0.1) is 0 Å². The number of aromatic hydroxyl groups is 2. The van der Waals surface area contributed by atoms with Gasteiger partial charge in [0.2, 0.25) is 11.8 Å². The molecular weight excluding hydrogens is 510 g/mol. The minimum absolute atomic E-state index is 0.0850. The molecule has 2 aromatic rings. The third-order valence-corrected chi connectivity index (χ3v) is 6.29. The first kappa shape index (κ1) is 32.5. The van der Waals surface area contributed by atoms with E-state index in [1.165, 1.54) is 23.1 Å². The molecule has 0 bridgehead atoms. The molecule has 0 fully saturated rings. The van der Waals surface area contributed by atoms with Crippen LogP contribution in [0.1, 0.15) is 83.0 Å². The second-order valence-electron chi connectivity index (χ2n) is 11.0. The fourth-order valence-corrected chi connectivity index (χ4v) is 4.33. The SMILES string of the molecule is CCCCCNC(=O)C(c1ccc(O)c(C)c1)N(CCC)C(=O)C(Cc1ccc(O)cc1)NC(=O)OC(C)(C)C. The number of phenols is 2. The molecule has 2 rings (SSSR count). The van der Waals surface area contributed by atoms with Gasteiger partial charge in [-0.3, -0.25) is 9.59 Å². The normalized spacial score (nSPS) is 12.8. The fourth-order valence-electron chi connectivity index (χ4n) is 4.33. The highest BCUT2D eigenvalue weighted by Gasteiger charge is 2.36. The number of ether oxygens (including phenoxy) is 1. The molecule has 2 aromatic carbocycles. The molecule has 4 N–H and O–H groups in total. The lowest BCUT2D eigenvalue weighted by Gasteiger charge is -2.34. The predicted molar refractivity (Wildman–Crippen MR) is 155 cm³/mol. The molecule has 2 unspecified atom stereocenters. The van der Waals surface area contributed by atoms with Crippen LogP contribution in [-0.2, 0) is 20.7 Å². The highest BCUT2D eigenvalue weighted by molar-refractivity contribution is 5.92. The van der Waals surface area contributed by atoms with Crippen LogP contribution >= 0.6 is 0 Å². The van der Waals surface area contributed by atoms with Gasteiger partial charge in [0.25, 0.3) is 0 Å². The summed E-state index contributed by atoms with van der Waals surface area (Å²) >= 11 is 0. The van der Waals surface area contributed by atoms with Crippen molar-refractivity contribution >= 4 is 17.9 Å². The van der Waals surface area contributed by atoms with E-state index in [-0.39, 0.29) is 30.4 Å². The van der Waals surface area contributed by atoms with Gasteiger partial charge < -0.3 is 30.5 Å². The van der Waals surface area contributed by atoms with Crippen molar-refractivity contribution < 1.29 is 29.3 Å². The van der Waals surface area contributed by atoms with Crippen molar-refractivity contribution in [1.82, 2.24) is 15.5 Å². The zero-order valence-electron chi connectivity index (χ0n) is 24.6. The van der Waals surface area contributed by atoms with E-state index in [9.17, 15) is 24.6 Å². The molecular formula is C31H45N3O6. The Morgan fingerprint density at radius 2 is 1.65 bits per heavy atom. The van der Waals surface area contributed by atoms with E-state index in [2.05, 4.69) is 17.6 Å². The third-order valence-electron chi connectivity index (χ3n) is 6.29. The zero-order chi connectivity index (χ0) is 29.9. The maximum atomic E-state index is 14.2. The van der Waals surface area contributed by atoms with Gasteiger partial charge in [0.15, 0.2) is 0 Å². The minimum atomic E-state index is -1.04. The van der Waals surface area contributed by atoms with Crippen molar-refractivity contribution in [3.05, 3.63) is 59.2 Å². The van der Waals surface area contributed by atoms with Crippen molar-refractivity contribution in [3.8, 4) is 11.5 Å². The summed E-state index contributed by atoms with van der Waals surface area (Å²) in [4.78, 5) is 42.2. The average molecular weight is 556 g/mol. The van der Waals surface area contributed by atoms with Crippen LogP contribution in [0.3, 0.4) is 0 Å². The molecule has 0 saturated heterocycles. The van der Waals surface area contributed by atoms with Gasteiger partial charge in [-0.15, -0.1) is 0 Å². The number of amides is 3. The predicted octanol–water partition coefficient (Wildman–Crippen LogP) is 5.13. The minimum Gasteiger partial charge on any atom is -0.508 e. The molecule has 0 radical (unpaired) electrons. The van der Waals surface area contributed by atoms with Crippen LogP contribution in [-0.4, -0.2) is 57.8 Å². The number of unbranched alkanes of at least 4 members (excludes halogenated alkanes) is 2. The highest BCUT2D eigenvalue weighted by Crippen LogP contribution is 2.28. The Labute approximate surface area is 237 Å². The van der Waals surface area contributed by atoms with E-state index in [0.717, 1.165) is 19.3 Å². The number of hydrogen-bond acceptors (Lipinski definition) is 6. The van der Waals surface area contributed by atoms with Gasteiger partial charge in [-0.05, 0) is 81.5 Å². The van der Waals surface area contributed by atoms with Crippen LogP contribution in [0, 0.1) is 6.92 Å². The number of phenolic OH excluding ortho intramolecular Hbond substituents is 2. The number of carbonyl (C=O) groups is 3. The highest BCUT2D eigenvalue weighted by atomic mass is 16.6. The van der Waals surface area contributed by atoms with Crippen LogP contribution in [0.2, 0.25) is 0 Å². The summed E-state index contributed by atoms with van der Waals surface area (Å²) in [6.45, 7) is 11.7. The van der Waals surface area contributed by atoms with E-state index in [1.807, 2.05) is 6.92 Å². The molecule has 220 valence electrons. The smallest absolute Gasteiger partial charge is 0.408 e. The standard InChI is InChI=1S/C31H45N3O6/c1-7-9-10-17-32-28(37)27(23-13-16-26(36)21(3)19-23)34(18-8-2)29(38)25(33-30(39)40-31(4,5)6)20-22-11-14-24(35)15-12-22/h11-16,19,25,27,35-36H,7-10,17-18,20H2,1-6H3,(H,32,37)(H,33,39). The van der Waals surface area contributed by atoms with E-state index in [1.54, 1.807) is 52.0 Å². The number of alkyl carbamates (subject to hydrolysis) is 1. The molecule has 0 aliphatic carbocycles. The van der Waals surface area contributed by atoms with Crippen LogP contribution < -0.4 is 10.6 Å². The van der Waals surface area contributed by atoms with E-state index in [4.69, 9.17) is 4.74 Å². The maximum absolute atomic E-state index is 14.2. The number of nitrogens with one attached hydrogen (secondary N) is 2. The molecule has 0 aliphatic heterocycles. The Morgan fingerprint density at radius 3 is 2.23 bits per heavy atom. The lowest BCUT2D eigenvalue weighted by atomic mass is 9.98. The van der Waals surface area contributed by atoms with Gasteiger partial charge in [-0.2, -0.15) is 0 Å². The van der Waals surface area contributed by atoms with E-state index in [0.29, 0.717) is 29.7 Å². The van der Waals surface area contributed by atoms with Crippen molar-refractivity contribution in [2.24, 2.45) is 0 Å². The number of nitrogens with zero attached hydrogens (tertiary/aromatic N) is 1. The van der Waals surface area contributed by atoms with Crippen LogP contribution in [0.15, 0.2) is 42.5 Å². The van der Waals surface area contributed by atoms with Gasteiger partial charge >= 0.3 is 6.09 Å². The zero-order valence-corrected chi connectivity index (χ0v) is 24.6. The molecule has 9 nitrogen and oxygen atoms in total. The summed E-state index contributed by atoms with van der Waals surface area (Å²) < 4.78 is 5.44. The quantitative estimate of drug-likeness (QED) is 0.254. The summed E-state index contributed by atoms with van der Waals surface area (Å²) in [7, 11) is 0. The average Bonchev–Trinajstić information content (AvgIpc) is 2.87. The van der Waals surface area contributed by atoms with Crippen molar-refractivity contribution in [3.63, 3.8) is 0 Å². The first-order chi connectivity index (χ1) is 18.9. The van der Waals surface area contributed by atoms with Gasteiger partial charge in [-0.25, -0.2) is 4.79 Å². The van der Waals surface area contributed by atoms with Gasteiger partial charge in [-0.1, -0.05) is 44.9 Å². The molecule has 3 amide bonds. The summed E-state index contributed by atoms with van der Waals surface area (Å²) in [5, 5.41) is 25.5. The summed E-state index contributed by atoms with van der Waals surface area (Å²) in [5.41, 5.74) is 1.08. The lowest BCUT2D eigenvalue weighted by Crippen LogP contribution is -2.54. The molecule has 0 heterocycles. The van der Waals surface area contributed by atoms with Crippen LogP contribution in [0.25, 0.3) is 0 Å². The number of aryl methyl sites for hydroxylation is 1. The van der Waals surface area contributed by atoms with E-state index >= 15 is 0 Å². The molecule has 0 spiro atoms. The number of rotatable bonds is 13. The Hall–Kier alpha value is -3.75. The Kier molecular flexibility index (Phi) is 12.3. The topological polar surface area (TPSA) is 128 Å². The largest absolute Gasteiger partial charge is 0.508 e. The van der Waals surface area contributed by atoms with Crippen molar-refractivity contribution in [2.75, 3.05) is 13.1 Å². The number of hydrogen-bond donors (Lipinski definition) is 4. The fraction of sp³-hybridized carbons (Fsp3) is 0.516. The summed E-state index contributed by atoms with van der Waals surface area (Å²) in [5.74, 6) is -0.596. The van der Waals surface area contributed by atoms with E-state index < -0.39 is 29.7 Å². The lowest BCUT2D eigenvalue weighted by molar-refractivity contribution is -0.142. The molecule has 0 saturated carbocycles. The van der Waals surface area contributed by atoms with Gasteiger partial charge in [0, 0.05) is 19.5 Å². The maximum Gasteiger partial charge on any atom is 0.408 e. The second kappa shape index (κ2) is 15.1. The summed E-state index contributed by atoms with van der Waals surface area (Å²) in [6.07, 6.45) is 2.73. The Morgan fingerprint density at radius 1 is 0.975 bits per heavy atom. The van der Waals surface area contributed by atoms with Crippen LogP contribution in [0.4, 0.5) is 4.79 Å². The molecule has 9 heteroatoms. The number of carbonyl (C=O) groups excluding carboxylic acids is 3. The van der Waals surface area contributed by atoms with Crippen molar-refractivity contribution in [2.45, 2.75) is 91.3 Å². The molecule has 40 heavy (non-hydrogen) atoms. The Bertz CT molecular complexity index is 1130. The molecule has 0 aromatic heterocycles. The first-order valence-electron chi connectivity index (χ1n) is 14.0. The number of benzene rings is 2. The second-order valence-corrected chi connectivity index (χ2v) is 11.0. The molecule has 2 atom stereocenters. The van der Waals surface area contributed by atoms with Crippen molar-refractivity contribution in [1.29, 1.82) is 0 Å². The monoisotopic (exact) mass is 555 g/mol.